The maximum Gasteiger partial charge on any atom is 0.303 e. The quantitative estimate of drug-likeness (QED) is 0.180. The number of aliphatic carboxylic acids is 1. The third-order valence-electron chi connectivity index (χ3n) is 5.44. The Bertz CT molecular complexity index is 934. The van der Waals surface area contributed by atoms with Gasteiger partial charge in [0, 0.05) is 6.42 Å². The van der Waals surface area contributed by atoms with Crippen molar-refractivity contribution in [2.75, 3.05) is 0 Å². The van der Waals surface area contributed by atoms with Gasteiger partial charge < -0.3 is 5.11 Å². The molecule has 29 heavy (non-hydrogen) atoms. The molecule has 0 spiro atoms. The van der Waals surface area contributed by atoms with Crippen LogP contribution in [0.1, 0.15) is 51.4 Å². The Hall–Kier alpha value is -2.87. The van der Waals surface area contributed by atoms with Crippen molar-refractivity contribution in [1.29, 1.82) is 0 Å². The Morgan fingerprint density at radius 2 is 1.10 bits per heavy atom. The topological polar surface area (TPSA) is 37.3 Å². The van der Waals surface area contributed by atoms with Crippen LogP contribution in [0, 0.1) is 0 Å². The molecular weight excluding hydrogens is 356 g/mol. The van der Waals surface area contributed by atoms with Crippen LogP contribution in [0.5, 0.6) is 0 Å². The molecule has 0 unspecified atom stereocenters. The van der Waals surface area contributed by atoms with E-state index in [1.807, 2.05) is 6.08 Å². The maximum absolute atomic E-state index is 10.2. The van der Waals surface area contributed by atoms with Crippen molar-refractivity contribution >= 4 is 38.3 Å². The molecule has 0 aromatic heterocycles. The van der Waals surface area contributed by atoms with Crippen LogP contribution < -0.4 is 0 Å². The predicted octanol–water partition coefficient (Wildman–Crippen LogP) is 7.96. The molecule has 1 N–H and O–H groups in total. The molecule has 0 aliphatic carbocycles. The summed E-state index contributed by atoms with van der Waals surface area (Å²) in [7, 11) is 0. The van der Waals surface area contributed by atoms with Crippen molar-refractivity contribution in [3.63, 3.8) is 0 Å². The van der Waals surface area contributed by atoms with Crippen LogP contribution in [0.25, 0.3) is 32.3 Å². The second-order valence-corrected chi connectivity index (χ2v) is 7.63. The molecule has 0 saturated heterocycles. The van der Waals surface area contributed by atoms with Gasteiger partial charge >= 0.3 is 5.97 Å². The van der Waals surface area contributed by atoms with E-state index >= 15 is 0 Å². The first-order valence-corrected chi connectivity index (χ1v) is 10.7. The number of unbranched alkanes of at least 4 members (excludes halogenated alkanes) is 6. The fourth-order valence-electron chi connectivity index (χ4n) is 3.94. The van der Waals surface area contributed by atoms with E-state index < -0.39 is 5.97 Å². The van der Waals surface area contributed by atoms with Crippen LogP contribution in [-0.2, 0) is 4.79 Å². The van der Waals surface area contributed by atoms with Gasteiger partial charge in [-0.2, -0.15) is 0 Å². The first kappa shape index (κ1) is 20.9. The lowest BCUT2D eigenvalue weighted by Crippen LogP contribution is -1.93. The standard InChI is InChI=1S/C16H10.C11H20O2/c1-3-11-7-9-13-5-2-6-14-10-8-12(4-1)15(11)16(13)14;1-2-3-4-5-6-7-8-9-10-11(12)13/h1-10H;2H,1,3-10H2,(H,12,13). The number of rotatable bonds is 9. The lowest BCUT2D eigenvalue weighted by atomic mass is 9.95. The molecule has 4 rings (SSSR count). The maximum atomic E-state index is 10.2. The van der Waals surface area contributed by atoms with Crippen LogP contribution in [0.15, 0.2) is 73.3 Å². The van der Waals surface area contributed by atoms with Gasteiger partial charge in [0.2, 0.25) is 0 Å². The fraction of sp³-hybridized carbons (Fsp3) is 0.296. The van der Waals surface area contributed by atoms with Crippen molar-refractivity contribution in [2.45, 2.75) is 51.4 Å². The molecule has 0 bridgehead atoms. The largest absolute Gasteiger partial charge is 0.481 e. The number of hydrogen-bond acceptors (Lipinski definition) is 1. The third kappa shape index (κ3) is 5.57. The Kier molecular flexibility index (Phi) is 7.63. The minimum absolute atomic E-state index is 0.326. The van der Waals surface area contributed by atoms with Gasteiger partial charge in [0.1, 0.15) is 0 Å². The molecule has 2 nitrogen and oxygen atoms in total. The Morgan fingerprint density at radius 1 is 0.690 bits per heavy atom. The van der Waals surface area contributed by atoms with Crippen LogP contribution in [0.2, 0.25) is 0 Å². The van der Waals surface area contributed by atoms with Crippen molar-refractivity contribution in [3.8, 4) is 0 Å². The number of benzene rings is 4. The molecule has 4 aromatic carbocycles. The average molecular weight is 387 g/mol. The summed E-state index contributed by atoms with van der Waals surface area (Å²) in [5.74, 6) is -0.674. The molecule has 0 atom stereocenters. The fourth-order valence-corrected chi connectivity index (χ4v) is 3.94. The van der Waals surface area contributed by atoms with Crippen molar-refractivity contribution in [3.05, 3.63) is 73.3 Å². The Morgan fingerprint density at radius 3 is 1.52 bits per heavy atom. The molecule has 150 valence electrons. The van der Waals surface area contributed by atoms with Gasteiger partial charge in [-0.1, -0.05) is 92.4 Å². The number of allylic oxidation sites excluding steroid dienone is 1. The van der Waals surface area contributed by atoms with Crippen LogP contribution in [0.3, 0.4) is 0 Å². The van der Waals surface area contributed by atoms with Crippen LogP contribution in [-0.4, -0.2) is 11.1 Å². The molecule has 0 saturated carbocycles. The SMILES string of the molecule is C=CCCCCCCCCC(=O)O.c1cc2ccc3cccc4ccc(c1)c2c34. The molecular formula is C27H30O2. The summed E-state index contributed by atoms with van der Waals surface area (Å²) < 4.78 is 0. The van der Waals surface area contributed by atoms with E-state index in [2.05, 4.69) is 67.2 Å². The summed E-state index contributed by atoms with van der Waals surface area (Å²) in [5, 5.41) is 16.5. The minimum atomic E-state index is -0.674. The predicted molar refractivity (Wildman–Crippen MR) is 125 cm³/mol. The minimum Gasteiger partial charge on any atom is -0.481 e. The molecule has 4 aromatic rings. The van der Waals surface area contributed by atoms with E-state index in [1.54, 1.807) is 0 Å². The van der Waals surface area contributed by atoms with Gasteiger partial charge in [-0.25, -0.2) is 0 Å². The molecule has 2 heteroatoms. The van der Waals surface area contributed by atoms with Crippen molar-refractivity contribution < 1.29 is 9.90 Å². The molecule has 0 amide bonds. The highest BCUT2D eigenvalue weighted by Gasteiger charge is 2.06. The second kappa shape index (κ2) is 10.6. The van der Waals surface area contributed by atoms with E-state index in [1.165, 1.54) is 58.0 Å². The van der Waals surface area contributed by atoms with E-state index in [-0.39, 0.29) is 0 Å². The van der Waals surface area contributed by atoms with Crippen LogP contribution >= 0.6 is 0 Å². The number of hydrogen-bond donors (Lipinski definition) is 1. The molecule has 0 aliphatic heterocycles. The molecule has 0 fully saturated rings. The number of carboxylic acid groups (broad SMARTS) is 1. The summed E-state index contributed by atoms with van der Waals surface area (Å²) in [6.07, 6.45) is 10.1. The summed E-state index contributed by atoms with van der Waals surface area (Å²) in [6, 6.07) is 21.9. The summed E-state index contributed by atoms with van der Waals surface area (Å²) in [6.45, 7) is 3.66. The van der Waals surface area contributed by atoms with Gasteiger partial charge in [-0.15, -0.1) is 6.58 Å². The summed E-state index contributed by atoms with van der Waals surface area (Å²) in [4.78, 5) is 10.2. The van der Waals surface area contributed by atoms with Crippen molar-refractivity contribution in [1.82, 2.24) is 0 Å². The summed E-state index contributed by atoms with van der Waals surface area (Å²) >= 11 is 0. The first-order chi connectivity index (χ1) is 14.2. The van der Waals surface area contributed by atoms with Crippen molar-refractivity contribution in [2.24, 2.45) is 0 Å². The van der Waals surface area contributed by atoms with E-state index in [0.717, 1.165) is 19.3 Å². The van der Waals surface area contributed by atoms with Gasteiger partial charge in [0.25, 0.3) is 0 Å². The molecule has 0 aliphatic rings. The van der Waals surface area contributed by atoms with E-state index in [4.69, 9.17) is 5.11 Å². The normalized spacial score (nSPS) is 10.9. The van der Waals surface area contributed by atoms with Gasteiger partial charge in [0.15, 0.2) is 0 Å². The number of carboxylic acids is 1. The third-order valence-corrected chi connectivity index (χ3v) is 5.44. The highest BCUT2D eigenvalue weighted by atomic mass is 16.4. The van der Waals surface area contributed by atoms with E-state index in [9.17, 15) is 4.79 Å². The smallest absolute Gasteiger partial charge is 0.303 e. The molecule has 0 radical (unpaired) electrons. The zero-order valence-corrected chi connectivity index (χ0v) is 17.1. The lowest BCUT2D eigenvalue weighted by molar-refractivity contribution is -0.137. The highest BCUT2D eigenvalue weighted by molar-refractivity contribution is 6.22. The average Bonchev–Trinajstić information content (AvgIpc) is 2.74. The Labute approximate surface area is 173 Å². The summed E-state index contributed by atoms with van der Waals surface area (Å²) in [5.41, 5.74) is 0. The zero-order valence-electron chi connectivity index (χ0n) is 17.1. The lowest BCUT2D eigenvalue weighted by Gasteiger charge is -2.09. The Balaban J connectivity index is 0.000000171. The highest BCUT2D eigenvalue weighted by Crippen LogP contribution is 2.33. The zero-order chi connectivity index (χ0) is 20.5. The second-order valence-electron chi connectivity index (χ2n) is 7.63. The van der Waals surface area contributed by atoms with Gasteiger partial charge in [-0.3, -0.25) is 4.79 Å². The van der Waals surface area contributed by atoms with Crippen LogP contribution in [0.4, 0.5) is 0 Å². The van der Waals surface area contributed by atoms with E-state index in [0.29, 0.717) is 6.42 Å². The monoisotopic (exact) mass is 386 g/mol. The first-order valence-electron chi connectivity index (χ1n) is 10.7. The number of carbonyl (C=O) groups is 1. The van der Waals surface area contributed by atoms with Gasteiger partial charge in [0.05, 0.1) is 0 Å². The van der Waals surface area contributed by atoms with Gasteiger partial charge in [-0.05, 0) is 51.6 Å². The molecule has 0 heterocycles.